The minimum Gasteiger partial charge on any atom is -0.490 e. The van der Waals surface area contributed by atoms with Crippen LogP contribution in [-0.2, 0) is 0 Å². The first-order valence-corrected chi connectivity index (χ1v) is 8.63. The lowest BCUT2D eigenvalue weighted by Gasteiger charge is -2.34. The molecule has 0 amide bonds. The second kappa shape index (κ2) is 9.01. The predicted molar refractivity (Wildman–Crippen MR) is 90.6 cm³/mol. The number of benzene rings is 1. The molecule has 1 aliphatic rings. The number of likely N-dealkylation sites (tertiary alicyclic amines) is 1. The lowest BCUT2D eigenvalue weighted by Crippen LogP contribution is -2.37. The van der Waals surface area contributed by atoms with Crippen molar-refractivity contribution in [3.8, 4) is 11.5 Å². The second-order valence-electron chi connectivity index (χ2n) is 5.84. The van der Waals surface area contributed by atoms with Crippen molar-refractivity contribution in [2.24, 2.45) is 5.73 Å². The van der Waals surface area contributed by atoms with Gasteiger partial charge >= 0.3 is 0 Å². The summed E-state index contributed by atoms with van der Waals surface area (Å²) in [6.45, 7) is 8.38. The largest absolute Gasteiger partial charge is 0.490 e. The summed E-state index contributed by atoms with van der Waals surface area (Å²) in [4.78, 5) is 2.50. The molecule has 0 aromatic heterocycles. The molecule has 1 aromatic carbocycles. The minimum atomic E-state index is 0.278. The Morgan fingerprint density at radius 1 is 1.09 bits per heavy atom. The summed E-state index contributed by atoms with van der Waals surface area (Å²) in [7, 11) is 0. The van der Waals surface area contributed by atoms with Gasteiger partial charge in [0, 0.05) is 12.6 Å². The molecule has 0 saturated carbocycles. The van der Waals surface area contributed by atoms with Gasteiger partial charge in [-0.3, -0.25) is 4.90 Å². The molecule has 0 bridgehead atoms. The van der Waals surface area contributed by atoms with Crippen LogP contribution in [0, 0.1) is 0 Å². The maximum atomic E-state index is 6.06. The van der Waals surface area contributed by atoms with Crippen LogP contribution in [0.15, 0.2) is 18.2 Å². The average Bonchev–Trinajstić information content (AvgIpc) is 2.56. The molecule has 2 rings (SSSR count). The molecule has 1 aliphatic heterocycles. The monoisotopic (exact) mass is 306 g/mol. The van der Waals surface area contributed by atoms with E-state index in [0.717, 1.165) is 31.0 Å². The summed E-state index contributed by atoms with van der Waals surface area (Å²) >= 11 is 0. The smallest absolute Gasteiger partial charge is 0.161 e. The van der Waals surface area contributed by atoms with E-state index in [1.165, 1.54) is 24.8 Å². The fourth-order valence-corrected chi connectivity index (χ4v) is 3.06. The molecule has 22 heavy (non-hydrogen) atoms. The molecule has 0 spiro atoms. The third-order valence-corrected chi connectivity index (χ3v) is 4.17. The Hall–Kier alpha value is -1.26. The summed E-state index contributed by atoms with van der Waals surface area (Å²) in [5.41, 5.74) is 7.30. The molecule has 1 unspecified atom stereocenters. The summed E-state index contributed by atoms with van der Waals surface area (Å²) in [5.74, 6) is 1.67. The zero-order chi connectivity index (χ0) is 15.8. The van der Waals surface area contributed by atoms with Crippen molar-refractivity contribution < 1.29 is 9.47 Å². The van der Waals surface area contributed by atoms with Crippen LogP contribution in [0.2, 0.25) is 0 Å². The van der Waals surface area contributed by atoms with Crippen molar-refractivity contribution in [3.63, 3.8) is 0 Å². The van der Waals surface area contributed by atoms with Crippen LogP contribution in [0.4, 0.5) is 0 Å². The van der Waals surface area contributed by atoms with Gasteiger partial charge in [-0.2, -0.15) is 0 Å². The van der Waals surface area contributed by atoms with E-state index in [0.29, 0.717) is 19.8 Å². The molecule has 4 nitrogen and oxygen atoms in total. The maximum absolute atomic E-state index is 6.06. The number of nitrogens with two attached hydrogens (primary N) is 1. The molecule has 1 heterocycles. The van der Waals surface area contributed by atoms with Crippen molar-refractivity contribution in [1.82, 2.24) is 4.90 Å². The van der Waals surface area contributed by atoms with Gasteiger partial charge in [-0.05, 0) is 57.0 Å². The van der Waals surface area contributed by atoms with Crippen molar-refractivity contribution in [2.45, 2.75) is 45.6 Å². The standard InChI is InChI=1S/C18H30N2O2/c1-3-12-22-17-9-8-15(13-18(17)21-4-2)16(14-19)20-10-6-5-7-11-20/h8-9,13,16H,3-7,10-12,14,19H2,1-2H3. The third kappa shape index (κ3) is 4.37. The SMILES string of the molecule is CCCOc1ccc(C(CN)N2CCCCC2)cc1OCC. The molecule has 1 saturated heterocycles. The van der Waals surface area contributed by atoms with Crippen molar-refractivity contribution in [1.29, 1.82) is 0 Å². The Morgan fingerprint density at radius 2 is 1.86 bits per heavy atom. The van der Waals surface area contributed by atoms with Crippen molar-refractivity contribution >= 4 is 0 Å². The highest BCUT2D eigenvalue weighted by atomic mass is 16.5. The lowest BCUT2D eigenvalue weighted by molar-refractivity contribution is 0.167. The highest BCUT2D eigenvalue weighted by molar-refractivity contribution is 5.44. The minimum absolute atomic E-state index is 0.278. The van der Waals surface area contributed by atoms with Gasteiger partial charge in [-0.1, -0.05) is 19.4 Å². The van der Waals surface area contributed by atoms with Crippen LogP contribution in [0.1, 0.15) is 51.1 Å². The van der Waals surface area contributed by atoms with Crippen LogP contribution in [-0.4, -0.2) is 37.7 Å². The predicted octanol–water partition coefficient (Wildman–Crippen LogP) is 3.36. The zero-order valence-corrected chi connectivity index (χ0v) is 14.0. The van der Waals surface area contributed by atoms with Gasteiger partial charge < -0.3 is 15.2 Å². The quantitative estimate of drug-likeness (QED) is 0.800. The van der Waals surface area contributed by atoms with Crippen LogP contribution in [0.5, 0.6) is 11.5 Å². The van der Waals surface area contributed by atoms with Gasteiger partial charge in [0.1, 0.15) is 0 Å². The van der Waals surface area contributed by atoms with Gasteiger partial charge in [0.15, 0.2) is 11.5 Å². The number of rotatable bonds is 8. The molecule has 1 atom stereocenters. The van der Waals surface area contributed by atoms with Gasteiger partial charge in [0.2, 0.25) is 0 Å². The van der Waals surface area contributed by atoms with Crippen LogP contribution >= 0.6 is 0 Å². The first-order valence-electron chi connectivity index (χ1n) is 8.63. The molecule has 1 aromatic rings. The van der Waals surface area contributed by atoms with Crippen molar-refractivity contribution in [3.05, 3.63) is 23.8 Å². The molecule has 0 aliphatic carbocycles. The van der Waals surface area contributed by atoms with E-state index >= 15 is 0 Å². The van der Waals surface area contributed by atoms with Crippen LogP contribution in [0.3, 0.4) is 0 Å². The molecular formula is C18H30N2O2. The lowest BCUT2D eigenvalue weighted by atomic mass is 10.0. The van der Waals surface area contributed by atoms with E-state index in [1.807, 2.05) is 13.0 Å². The fraction of sp³-hybridized carbons (Fsp3) is 0.667. The van der Waals surface area contributed by atoms with Gasteiger partial charge in [0.05, 0.1) is 13.2 Å². The molecule has 124 valence electrons. The highest BCUT2D eigenvalue weighted by Gasteiger charge is 2.22. The summed E-state index contributed by atoms with van der Waals surface area (Å²) in [5, 5.41) is 0. The average molecular weight is 306 g/mol. The van der Waals surface area contributed by atoms with Crippen LogP contribution < -0.4 is 15.2 Å². The van der Waals surface area contributed by atoms with Gasteiger partial charge in [-0.25, -0.2) is 0 Å². The Bertz CT molecular complexity index is 445. The molecule has 0 radical (unpaired) electrons. The van der Waals surface area contributed by atoms with Gasteiger partial charge in [-0.15, -0.1) is 0 Å². The third-order valence-electron chi connectivity index (χ3n) is 4.17. The first-order chi connectivity index (χ1) is 10.8. The number of hydrogen-bond donors (Lipinski definition) is 1. The summed E-state index contributed by atoms with van der Waals surface area (Å²) < 4.78 is 11.6. The highest BCUT2D eigenvalue weighted by Crippen LogP contribution is 2.33. The van der Waals surface area contributed by atoms with E-state index in [-0.39, 0.29) is 6.04 Å². The Balaban J connectivity index is 2.19. The van der Waals surface area contributed by atoms with Crippen LogP contribution in [0.25, 0.3) is 0 Å². The summed E-state index contributed by atoms with van der Waals surface area (Å²) in [6.07, 6.45) is 4.87. The van der Waals surface area contributed by atoms with E-state index in [4.69, 9.17) is 15.2 Å². The molecular weight excluding hydrogens is 276 g/mol. The molecule has 2 N–H and O–H groups in total. The van der Waals surface area contributed by atoms with E-state index in [9.17, 15) is 0 Å². The number of hydrogen-bond acceptors (Lipinski definition) is 4. The first kappa shape index (κ1) is 17.1. The van der Waals surface area contributed by atoms with Crippen molar-refractivity contribution in [2.75, 3.05) is 32.8 Å². The maximum Gasteiger partial charge on any atom is 0.161 e. The fourth-order valence-electron chi connectivity index (χ4n) is 3.06. The zero-order valence-electron chi connectivity index (χ0n) is 14.0. The Labute approximate surface area is 134 Å². The number of piperidine rings is 1. The van der Waals surface area contributed by atoms with Gasteiger partial charge in [0.25, 0.3) is 0 Å². The number of nitrogens with zero attached hydrogens (tertiary/aromatic N) is 1. The van der Waals surface area contributed by atoms with E-state index in [2.05, 4.69) is 24.0 Å². The Kier molecular flexibility index (Phi) is 7.00. The summed E-state index contributed by atoms with van der Waals surface area (Å²) in [6, 6.07) is 6.56. The molecule has 4 heteroatoms. The number of ether oxygens (including phenoxy) is 2. The topological polar surface area (TPSA) is 47.7 Å². The van der Waals surface area contributed by atoms with E-state index < -0.39 is 0 Å². The van der Waals surface area contributed by atoms with E-state index in [1.54, 1.807) is 0 Å². The second-order valence-corrected chi connectivity index (χ2v) is 5.84. The molecule has 1 fully saturated rings. The Morgan fingerprint density at radius 3 is 2.50 bits per heavy atom. The normalized spacial score (nSPS) is 17.2.